The van der Waals surface area contributed by atoms with Crippen LogP contribution < -0.4 is 10.6 Å². The van der Waals surface area contributed by atoms with Crippen LogP contribution in [0.5, 0.6) is 0 Å². The highest BCUT2D eigenvalue weighted by Crippen LogP contribution is 2.58. The van der Waals surface area contributed by atoms with Crippen molar-refractivity contribution in [2.24, 2.45) is 5.92 Å². The van der Waals surface area contributed by atoms with Gasteiger partial charge in [0.15, 0.2) is 0 Å². The van der Waals surface area contributed by atoms with E-state index in [4.69, 9.17) is 0 Å². The van der Waals surface area contributed by atoms with Crippen molar-refractivity contribution in [3.63, 3.8) is 0 Å². The van der Waals surface area contributed by atoms with Crippen molar-refractivity contribution in [1.29, 1.82) is 0 Å². The monoisotopic (exact) mass is 444 g/mol. The molecule has 0 spiro atoms. The minimum absolute atomic E-state index is 0.00492. The first-order valence-corrected chi connectivity index (χ1v) is 11.2. The first kappa shape index (κ1) is 22.5. The van der Waals surface area contributed by atoms with Gasteiger partial charge in [-0.3, -0.25) is 4.79 Å². The van der Waals surface area contributed by atoms with Crippen LogP contribution in [0.3, 0.4) is 0 Å². The Hall–Kier alpha value is -1.70. The molecule has 0 unspecified atom stereocenters. The zero-order chi connectivity index (χ0) is 22.3. The number of halogens is 5. The molecule has 2 atom stereocenters. The molecular weight excluding hydrogens is 415 g/mol. The van der Waals surface area contributed by atoms with Gasteiger partial charge in [-0.1, -0.05) is 12.1 Å². The lowest BCUT2D eigenvalue weighted by Crippen LogP contribution is -2.37. The van der Waals surface area contributed by atoms with E-state index in [0.717, 1.165) is 25.8 Å². The first-order chi connectivity index (χ1) is 14.6. The number of hydrogen-bond donors (Lipinski definition) is 2. The lowest BCUT2D eigenvalue weighted by Gasteiger charge is -2.29. The Balaban J connectivity index is 1.23. The quantitative estimate of drug-likeness (QED) is 0.581. The van der Waals surface area contributed by atoms with Gasteiger partial charge in [0, 0.05) is 30.5 Å². The van der Waals surface area contributed by atoms with Crippen molar-refractivity contribution in [2.45, 2.75) is 87.4 Å². The molecule has 1 amide bonds. The number of alkyl halides is 5. The van der Waals surface area contributed by atoms with Crippen LogP contribution in [0, 0.1) is 5.92 Å². The Morgan fingerprint density at radius 1 is 0.935 bits per heavy atom. The van der Waals surface area contributed by atoms with E-state index in [-0.39, 0.29) is 55.2 Å². The van der Waals surface area contributed by atoms with Gasteiger partial charge in [0.2, 0.25) is 5.92 Å². The van der Waals surface area contributed by atoms with Gasteiger partial charge < -0.3 is 10.6 Å². The van der Waals surface area contributed by atoms with Crippen molar-refractivity contribution >= 4 is 5.91 Å². The third kappa shape index (κ3) is 5.04. The number of amides is 1. The van der Waals surface area contributed by atoms with E-state index in [1.807, 2.05) is 0 Å². The second-order valence-corrected chi connectivity index (χ2v) is 9.55. The summed E-state index contributed by atoms with van der Waals surface area (Å²) in [6, 6.07) is 6.03. The van der Waals surface area contributed by atoms with Crippen LogP contribution in [0.4, 0.5) is 22.0 Å². The van der Waals surface area contributed by atoms with Crippen molar-refractivity contribution in [3.05, 3.63) is 35.4 Å². The van der Waals surface area contributed by atoms with Crippen LogP contribution in [-0.2, 0) is 5.41 Å². The molecule has 0 radical (unpaired) electrons. The molecule has 3 aliphatic carbocycles. The lowest BCUT2D eigenvalue weighted by molar-refractivity contribution is -0.160. The Bertz CT molecular complexity index is 778. The summed E-state index contributed by atoms with van der Waals surface area (Å²) in [7, 11) is 0. The molecule has 0 bridgehead atoms. The van der Waals surface area contributed by atoms with Gasteiger partial charge in [0.25, 0.3) is 5.91 Å². The van der Waals surface area contributed by atoms with Crippen LogP contribution in [0.1, 0.15) is 73.7 Å². The summed E-state index contributed by atoms with van der Waals surface area (Å²) < 4.78 is 66.2. The minimum atomic E-state index is -4.26. The van der Waals surface area contributed by atoms with Crippen molar-refractivity contribution < 1.29 is 26.7 Å². The molecule has 3 nitrogen and oxygen atoms in total. The van der Waals surface area contributed by atoms with E-state index in [0.29, 0.717) is 18.4 Å². The van der Waals surface area contributed by atoms with Crippen molar-refractivity contribution in [3.8, 4) is 0 Å². The molecule has 3 saturated carbocycles. The maximum absolute atomic E-state index is 13.3. The SMILES string of the molecule is O=C(N[C@H]1CC[C@H](NCC2CCC(F)(F)CC2)C1)c1ccc(C2(C(F)(F)F)CC2)cc1. The Morgan fingerprint density at radius 3 is 2.13 bits per heavy atom. The normalized spacial score (nSPS) is 27.8. The Kier molecular flexibility index (Phi) is 6.05. The second kappa shape index (κ2) is 8.34. The van der Waals surface area contributed by atoms with E-state index in [2.05, 4.69) is 10.6 Å². The molecule has 2 N–H and O–H groups in total. The molecular formula is C23H29F5N2O. The number of benzene rings is 1. The number of carbonyl (C=O) groups is 1. The standard InChI is InChI=1S/C23H29F5N2O/c24-22(25)9-7-15(8-10-22)14-29-18-5-6-19(13-18)30-20(31)16-1-3-17(4-2-16)21(11-12-21)23(26,27)28/h1-4,15,18-19,29H,5-14H2,(H,30,31)/t18-,19-/m0/s1. The van der Waals surface area contributed by atoms with Crippen LogP contribution in [0.25, 0.3) is 0 Å². The van der Waals surface area contributed by atoms with Crippen LogP contribution in [0.2, 0.25) is 0 Å². The zero-order valence-electron chi connectivity index (χ0n) is 17.4. The van der Waals surface area contributed by atoms with Gasteiger partial charge in [-0.15, -0.1) is 0 Å². The average molecular weight is 444 g/mol. The summed E-state index contributed by atoms with van der Waals surface area (Å²) in [5.41, 5.74) is -1.15. The summed E-state index contributed by atoms with van der Waals surface area (Å²) >= 11 is 0. The topological polar surface area (TPSA) is 41.1 Å². The van der Waals surface area contributed by atoms with E-state index in [1.54, 1.807) is 0 Å². The molecule has 1 aromatic rings. The average Bonchev–Trinajstić information content (AvgIpc) is 3.43. The third-order valence-electron chi connectivity index (χ3n) is 7.29. The molecule has 1 aromatic carbocycles. The number of carbonyl (C=O) groups excluding carboxylic acids is 1. The molecule has 0 aromatic heterocycles. The predicted octanol–water partition coefficient (Wildman–Crippen LogP) is 5.35. The highest BCUT2D eigenvalue weighted by atomic mass is 19.4. The minimum Gasteiger partial charge on any atom is -0.349 e. The number of nitrogens with one attached hydrogen (secondary N) is 2. The molecule has 0 saturated heterocycles. The number of hydrogen-bond acceptors (Lipinski definition) is 2. The summed E-state index contributed by atoms with van der Waals surface area (Å²) in [5, 5.41) is 6.44. The van der Waals surface area contributed by atoms with Crippen molar-refractivity contribution in [1.82, 2.24) is 10.6 Å². The molecule has 172 valence electrons. The third-order valence-corrected chi connectivity index (χ3v) is 7.29. The largest absolute Gasteiger partial charge is 0.398 e. The molecule has 31 heavy (non-hydrogen) atoms. The van der Waals surface area contributed by atoms with E-state index >= 15 is 0 Å². The fourth-order valence-corrected chi connectivity index (χ4v) is 5.01. The zero-order valence-corrected chi connectivity index (χ0v) is 17.4. The smallest absolute Gasteiger partial charge is 0.349 e. The van der Waals surface area contributed by atoms with Gasteiger partial charge in [-0.2, -0.15) is 13.2 Å². The lowest BCUT2D eigenvalue weighted by atomic mass is 9.86. The fraction of sp³-hybridized carbons (Fsp3) is 0.696. The summed E-state index contributed by atoms with van der Waals surface area (Å²) in [5.74, 6) is -2.51. The van der Waals surface area contributed by atoms with Gasteiger partial charge in [0.1, 0.15) is 0 Å². The molecule has 0 heterocycles. The fourth-order valence-electron chi connectivity index (χ4n) is 5.01. The van der Waals surface area contributed by atoms with Crippen molar-refractivity contribution in [2.75, 3.05) is 6.54 Å². The van der Waals surface area contributed by atoms with Gasteiger partial charge >= 0.3 is 6.18 Å². The molecule has 3 aliphatic rings. The van der Waals surface area contributed by atoms with Crippen LogP contribution in [-0.4, -0.2) is 36.6 Å². The maximum atomic E-state index is 13.3. The predicted molar refractivity (Wildman–Crippen MR) is 107 cm³/mol. The molecule has 3 fully saturated rings. The van der Waals surface area contributed by atoms with Crippen LogP contribution >= 0.6 is 0 Å². The molecule has 8 heteroatoms. The Morgan fingerprint density at radius 2 is 1.55 bits per heavy atom. The molecule has 4 rings (SSSR count). The van der Waals surface area contributed by atoms with E-state index < -0.39 is 17.5 Å². The van der Waals surface area contributed by atoms with Gasteiger partial charge in [0.05, 0.1) is 5.41 Å². The van der Waals surface area contributed by atoms with Gasteiger partial charge in [-0.25, -0.2) is 8.78 Å². The number of rotatable bonds is 6. The Labute approximate surface area is 179 Å². The van der Waals surface area contributed by atoms with Gasteiger partial charge in [-0.05, 0) is 75.1 Å². The highest BCUT2D eigenvalue weighted by molar-refractivity contribution is 5.94. The summed E-state index contributed by atoms with van der Waals surface area (Å²) in [4.78, 5) is 12.5. The molecule has 0 aliphatic heterocycles. The van der Waals surface area contributed by atoms with E-state index in [9.17, 15) is 26.7 Å². The second-order valence-electron chi connectivity index (χ2n) is 9.55. The van der Waals surface area contributed by atoms with E-state index in [1.165, 1.54) is 24.3 Å². The van der Waals surface area contributed by atoms with Crippen LogP contribution in [0.15, 0.2) is 24.3 Å². The summed E-state index contributed by atoms with van der Waals surface area (Å²) in [6.07, 6.45) is -0.564. The maximum Gasteiger partial charge on any atom is 0.398 e. The highest BCUT2D eigenvalue weighted by Gasteiger charge is 2.64. The first-order valence-electron chi connectivity index (χ1n) is 11.2. The summed E-state index contributed by atoms with van der Waals surface area (Å²) in [6.45, 7) is 0.726.